The lowest BCUT2D eigenvalue weighted by molar-refractivity contribution is -0.128. The van der Waals surface area contributed by atoms with Crippen molar-refractivity contribution >= 4 is 5.78 Å². The molecular formula is C8H14O2. The van der Waals surface area contributed by atoms with Gasteiger partial charge in [-0.1, -0.05) is 12.8 Å². The van der Waals surface area contributed by atoms with Gasteiger partial charge in [0.25, 0.3) is 0 Å². The molecule has 0 aromatic carbocycles. The normalized spacial score (nSPS) is 28.1. The number of hydrogen-bond donors (Lipinski definition) is 0. The molecule has 0 radical (unpaired) electrons. The molecule has 1 aliphatic rings. The van der Waals surface area contributed by atoms with Gasteiger partial charge in [0, 0.05) is 13.5 Å². The van der Waals surface area contributed by atoms with Gasteiger partial charge in [-0.15, -0.1) is 0 Å². The fourth-order valence-electron chi connectivity index (χ4n) is 1.38. The molecule has 0 amide bonds. The van der Waals surface area contributed by atoms with Crippen molar-refractivity contribution in [3.8, 4) is 0 Å². The van der Waals surface area contributed by atoms with Crippen LogP contribution in [0.15, 0.2) is 0 Å². The molecule has 0 saturated heterocycles. The predicted octanol–water partition coefficient (Wildman–Crippen LogP) is 1.53. The van der Waals surface area contributed by atoms with E-state index in [2.05, 4.69) is 0 Å². The summed E-state index contributed by atoms with van der Waals surface area (Å²) in [6.45, 7) is 0. The average Bonchev–Trinajstić information content (AvgIpc) is 2.13. The summed E-state index contributed by atoms with van der Waals surface area (Å²) in [5.41, 5.74) is 0. The maximum atomic E-state index is 11.1. The SMILES string of the molecule is COC1CCCCCC1=O. The van der Waals surface area contributed by atoms with Gasteiger partial charge >= 0.3 is 0 Å². The van der Waals surface area contributed by atoms with Crippen LogP contribution in [-0.4, -0.2) is 19.0 Å². The molecule has 0 heterocycles. The Hall–Kier alpha value is -0.370. The molecule has 2 heteroatoms. The third kappa shape index (κ3) is 1.81. The Morgan fingerprint density at radius 2 is 2.20 bits per heavy atom. The van der Waals surface area contributed by atoms with E-state index in [-0.39, 0.29) is 6.10 Å². The smallest absolute Gasteiger partial charge is 0.161 e. The first-order valence-electron chi connectivity index (χ1n) is 3.90. The summed E-state index contributed by atoms with van der Waals surface area (Å²) in [7, 11) is 1.62. The van der Waals surface area contributed by atoms with E-state index in [1.807, 2.05) is 0 Å². The molecule has 0 bridgehead atoms. The third-order valence-electron chi connectivity index (χ3n) is 2.03. The number of ketones is 1. The highest BCUT2D eigenvalue weighted by Gasteiger charge is 2.19. The zero-order valence-electron chi connectivity index (χ0n) is 6.43. The Morgan fingerprint density at radius 1 is 1.40 bits per heavy atom. The van der Waals surface area contributed by atoms with E-state index in [1.165, 1.54) is 6.42 Å². The van der Waals surface area contributed by atoms with Crippen LogP contribution in [0.5, 0.6) is 0 Å². The quantitative estimate of drug-likeness (QED) is 0.519. The Bertz CT molecular complexity index is 120. The van der Waals surface area contributed by atoms with E-state index in [0.29, 0.717) is 5.78 Å². The highest BCUT2D eigenvalue weighted by molar-refractivity contribution is 5.83. The number of Topliss-reactive ketones (excluding diaryl/α,β-unsaturated/α-hetero) is 1. The molecule has 10 heavy (non-hydrogen) atoms. The molecule has 0 N–H and O–H groups in total. The summed E-state index contributed by atoms with van der Waals surface area (Å²) in [6.07, 6.45) is 4.94. The number of carbonyl (C=O) groups is 1. The maximum absolute atomic E-state index is 11.1. The van der Waals surface area contributed by atoms with Crippen molar-refractivity contribution in [3.63, 3.8) is 0 Å². The van der Waals surface area contributed by atoms with Crippen LogP contribution in [0.25, 0.3) is 0 Å². The highest BCUT2D eigenvalue weighted by Crippen LogP contribution is 2.16. The summed E-state index contributed by atoms with van der Waals surface area (Å²) < 4.78 is 5.03. The van der Waals surface area contributed by atoms with Gasteiger partial charge in [-0.3, -0.25) is 4.79 Å². The van der Waals surface area contributed by atoms with Crippen molar-refractivity contribution in [2.75, 3.05) is 7.11 Å². The molecule has 1 fully saturated rings. The second-order valence-corrected chi connectivity index (χ2v) is 2.79. The van der Waals surface area contributed by atoms with Crippen LogP contribution in [0, 0.1) is 0 Å². The van der Waals surface area contributed by atoms with Crippen molar-refractivity contribution in [2.45, 2.75) is 38.2 Å². The molecule has 1 saturated carbocycles. The van der Waals surface area contributed by atoms with Gasteiger partial charge in [0.05, 0.1) is 0 Å². The van der Waals surface area contributed by atoms with Gasteiger partial charge < -0.3 is 4.74 Å². The van der Waals surface area contributed by atoms with Crippen LogP contribution >= 0.6 is 0 Å². The zero-order chi connectivity index (χ0) is 7.40. The Labute approximate surface area is 61.6 Å². The monoisotopic (exact) mass is 142 g/mol. The molecule has 0 spiro atoms. The summed E-state index contributed by atoms with van der Waals surface area (Å²) in [5.74, 6) is 0.292. The van der Waals surface area contributed by atoms with Crippen molar-refractivity contribution in [2.24, 2.45) is 0 Å². The van der Waals surface area contributed by atoms with Crippen molar-refractivity contribution in [1.29, 1.82) is 0 Å². The minimum absolute atomic E-state index is 0.0949. The molecular weight excluding hydrogens is 128 g/mol. The predicted molar refractivity (Wildman–Crippen MR) is 38.9 cm³/mol. The van der Waals surface area contributed by atoms with Crippen LogP contribution in [0.4, 0.5) is 0 Å². The lowest BCUT2D eigenvalue weighted by Crippen LogP contribution is -2.20. The molecule has 2 nitrogen and oxygen atoms in total. The first kappa shape index (κ1) is 7.73. The fraction of sp³-hybridized carbons (Fsp3) is 0.875. The lowest BCUT2D eigenvalue weighted by atomic mass is 10.1. The standard InChI is InChI=1S/C8H14O2/c1-10-8-6-4-2-3-5-7(8)9/h8H,2-6H2,1H3. The van der Waals surface area contributed by atoms with Crippen molar-refractivity contribution < 1.29 is 9.53 Å². The molecule has 0 aromatic heterocycles. The number of carbonyl (C=O) groups excluding carboxylic acids is 1. The molecule has 1 aliphatic carbocycles. The Morgan fingerprint density at radius 3 is 2.90 bits per heavy atom. The van der Waals surface area contributed by atoms with E-state index < -0.39 is 0 Å². The Kier molecular flexibility index (Phi) is 2.87. The van der Waals surface area contributed by atoms with E-state index in [0.717, 1.165) is 25.7 Å². The first-order valence-corrected chi connectivity index (χ1v) is 3.90. The van der Waals surface area contributed by atoms with Gasteiger partial charge in [-0.25, -0.2) is 0 Å². The van der Waals surface area contributed by atoms with Crippen LogP contribution in [0.2, 0.25) is 0 Å². The van der Waals surface area contributed by atoms with Gasteiger partial charge in [0.15, 0.2) is 5.78 Å². The molecule has 0 aliphatic heterocycles. The number of rotatable bonds is 1. The topological polar surface area (TPSA) is 26.3 Å². The van der Waals surface area contributed by atoms with Crippen LogP contribution in [0.1, 0.15) is 32.1 Å². The second-order valence-electron chi connectivity index (χ2n) is 2.79. The maximum Gasteiger partial charge on any atom is 0.161 e. The summed E-state index contributed by atoms with van der Waals surface area (Å²) in [4.78, 5) is 11.1. The molecule has 1 rings (SSSR count). The van der Waals surface area contributed by atoms with E-state index in [4.69, 9.17) is 4.74 Å². The lowest BCUT2D eigenvalue weighted by Gasteiger charge is -2.08. The average molecular weight is 142 g/mol. The number of ether oxygens (including phenoxy) is 1. The number of hydrogen-bond acceptors (Lipinski definition) is 2. The summed E-state index contributed by atoms with van der Waals surface area (Å²) in [5, 5.41) is 0. The zero-order valence-corrected chi connectivity index (χ0v) is 6.43. The van der Waals surface area contributed by atoms with Crippen molar-refractivity contribution in [1.82, 2.24) is 0 Å². The van der Waals surface area contributed by atoms with Crippen LogP contribution < -0.4 is 0 Å². The van der Waals surface area contributed by atoms with Gasteiger partial charge in [0.1, 0.15) is 6.10 Å². The molecule has 1 unspecified atom stereocenters. The van der Waals surface area contributed by atoms with E-state index >= 15 is 0 Å². The molecule has 58 valence electrons. The van der Waals surface area contributed by atoms with Crippen molar-refractivity contribution in [3.05, 3.63) is 0 Å². The van der Waals surface area contributed by atoms with E-state index in [9.17, 15) is 4.79 Å². The summed E-state index contributed by atoms with van der Waals surface area (Å²) in [6, 6.07) is 0. The number of methoxy groups -OCH3 is 1. The van der Waals surface area contributed by atoms with Gasteiger partial charge in [-0.05, 0) is 12.8 Å². The van der Waals surface area contributed by atoms with Gasteiger partial charge in [-0.2, -0.15) is 0 Å². The van der Waals surface area contributed by atoms with Crippen LogP contribution in [-0.2, 0) is 9.53 Å². The highest BCUT2D eigenvalue weighted by atomic mass is 16.5. The first-order chi connectivity index (χ1) is 4.84. The third-order valence-corrected chi connectivity index (χ3v) is 2.03. The minimum atomic E-state index is -0.0949. The molecule has 0 aromatic rings. The second kappa shape index (κ2) is 3.71. The molecule has 1 atom stereocenters. The Balaban J connectivity index is 2.43. The van der Waals surface area contributed by atoms with E-state index in [1.54, 1.807) is 7.11 Å². The fourth-order valence-corrected chi connectivity index (χ4v) is 1.38. The van der Waals surface area contributed by atoms with Gasteiger partial charge in [0.2, 0.25) is 0 Å². The van der Waals surface area contributed by atoms with Crippen LogP contribution in [0.3, 0.4) is 0 Å². The summed E-state index contributed by atoms with van der Waals surface area (Å²) >= 11 is 0. The largest absolute Gasteiger partial charge is 0.374 e. The minimum Gasteiger partial charge on any atom is -0.374 e.